The highest BCUT2D eigenvalue weighted by atomic mass is 16.5. The summed E-state index contributed by atoms with van der Waals surface area (Å²) in [7, 11) is 4.17. The summed E-state index contributed by atoms with van der Waals surface area (Å²) < 4.78 is 5.45. The third kappa shape index (κ3) is 3.68. The van der Waals surface area contributed by atoms with E-state index >= 15 is 0 Å². The fraction of sp³-hybridized carbons (Fsp3) is 0.571. The van der Waals surface area contributed by atoms with E-state index in [1.165, 1.54) is 0 Å². The molecule has 110 valence electrons. The Labute approximate surface area is 120 Å². The van der Waals surface area contributed by atoms with Crippen molar-refractivity contribution < 1.29 is 4.74 Å². The maximum atomic E-state index is 5.93. The number of hydrogen-bond donors (Lipinski definition) is 2. The Morgan fingerprint density at radius 3 is 2.80 bits per heavy atom. The molecule has 1 aliphatic heterocycles. The molecule has 0 spiro atoms. The van der Waals surface area contributed by atoms with Gasteiger partial charge in [-0.25, -0.2) is 4.98 Å². The van der Waals surface area contributed by atoms with Crippen molar-refractivity contribution >= 4 is 11.8 Å². The molecular formula is C14H23N5O. The van der Waals surface area contributed by atoms with Crippen LogP contribution in [-0.4, -0.2) is 55.2 Å². The summed E-state index contributed by atoms with van der Waals surface area (Å²) in [6.45, 7) is 2.22. The average Bonchev–Trinajstić information content (AvgIpc) is 2.47. The molecule has 0 aliphatic carbocycles. The highest BCUT2D eigenvalue weighted by Crippen LogP contribution is 2.26. The lowest BCUT2D eigenvalue weighted by Crippen LogP contribution is -2.51. The molecule has 2 heterocycles. The molecular weight excluding hydrogens is 254 g/mol. The molecule has 1 aliphatic rings. The lowest BCUT2D eigenvalue weighted by Gasteiger charge is -2.41. The van der Waals surface area contributed by atoms with Crippen molar-refractivity contribution in [2.45, 2.75) is 18.4 Å². The van der Waals surface area contributed by atoms with Crippen LogP contribution in [0.3, 0.4) is 0 Å². The van der Waals surface area contributed by atoms with Gasteiger partial charge in [-0.2, -0.15) is 0 Å². The van der Waals surface area contributed by atoms with E-state index < -0.39 is 0 Å². The minimum Gasteiger partial charge on any atom is -0.381 e. The van der Waals surface area contributed by atoms with E-state index in [1.807, 2.05) is 18.2 Å². The molecule has 1 fully saturated rings. The van der Waals surface area contributed by atoms with Gasteiger partial charge in [-0.1, -0.05) is 6.07 Å². The number of pyridine rings is 1. The first-order chi connectivity index (χ1) is 9.62. The molecule has 1 aromatic heterocycles. The second kappa shape index (κ2) is 6.67. The number of nitrogens with two attached hydrogens (primary N) is 1. The van der Waals surface area contributed by atoms with Gasteiger partial charge in [0.25, 0.3) is 0 Å². The summed E-state index contributed by atoms with van der Waals surface area (Å²) in [5.41, 5.74) is 5.97. The molecule has 6 nitrogen and oxygen atoms in total. The Morgan fingerprint density at radius 1 is 1.45 bits per heavy atom. The summed E-state index contributed by atoms with van der Waals surface area (Å²) in [5, 5.41) is 3.00. The van der Waals surface area contributed by atoms with Crippen LogP contribution >= 0.6 is 0 Å². The predicted octanol–water partition coefficient (Wildman–Crippen LogP) is 0.919. The van der Waals surface area contributed by atoms with Crippen molar-refractivity contribution in [1.82, 2.24) is 9.88 Å². The maximum absolute atomic E-state index is 5.93. The maximum Gasteiger partial charge on any atom is 0.194 e. The Hall–Kier alpha value is -1.66. The van der Waals surface area contributed by atoms with Crippen molar-refractivity contribution in [3.63, 3.8) is 0 Å². The quantitative estimate of drug-likeness (QED) is 0.632. The molecule has 0 bridgehead atoms. The number of aliphatic imine (C=N–C) groups is 1. The van der Waals surface area contributed by atoms with Gasteiger partial charge in [0.05, 0.1) is 6.54 Å². The van der Waals surface area contributed by atoms with Crippen LogP contribution < -0.4 is 11.1 Å². The number of anilines is 1. The van der Waals surface area contributed by atoms with Gasteiger partial charge in [0.2, 0.25) is 0 Å². The number of nitrogens with zero attached hydrogens (tertiary/aromatic N) is 3. The molecule has 0 amide bonds. The molecule has 0 aromatic carbocycles. The Kier molecular flexibility index (Phi) is 4.92. The Balaban J connectivity index is 1.98. The lowest BCUT2D eigenvalue weighted by molar-refractivity contribution is -0.00249. The standard InChI is InChI=1S/C14H23N5O/c1-19(2)14(6-9-20-10-7-14)11-17-13(15)18-12-5-3-4-8-16-12/h3-5,8H,6-7,9-11H2,1-2H3,(H3,15,16,17,18). The van der Waals surface area contributed by atoms with Crippen LogP contribution in [0.25, 0.3) is 0 Å². The fourth-order valence-corrected chi connectivity index (χ4v) is 2.34. The highest BCUT2D eigenvalue weighted by Gasteiger charge is 2.34. The summed E-state index contributed by atoms with van der Waals surface area (Å²) in [6.07, 6.45) is 3.66. The summed E-state index contributed by atoms with van der Waals surface area (Å²) in [5.74, 6) is 1.11. The lowest BCUT2D eigenvalue weighted by atomic mass is 9.89. The van der Waals surface area contributed by atoms with E-state index in [2.05, 4.69) is 34.3 Å². The molecule has 3 N–H and O–H groups in total. The first-order valence-corrected chi connectivity index (χ1v) is 6.86. The molecule has 0 saturated carbocycles. The van der Waals surface area contributed by atoms with Crippen molar-refractivity contribution in [2.24, 2.45) is 10.7 Å². The zero-order valence-corrected chi connectivity index (χ0v) is 12.2. The number of ether oxygens (including phenoxy) is 1. The van der Waals surface area contributed by atoms with E-state index in [1.54, 1.807) is 6.20 Å². The fourth-order valence-electron chi connectivity index (χ4n) is 2.34. The minimum absolute atomic E-state index is 0.0364. The van der Waals surface area contributed by atoms with Crippen LogP contribution in [0.4, 0.5) is 5.82 Å². The van der Waals surface area contributed by atoms with E-state index in [4.69, 9.17) is 10.5 Å². The molecule has 1 saturated heterocycles. The normalized spacial score (nSPS) is 19.1. The first-order valence-electron chi connectivity index (χ1n) is 6.86. The van der Waals surface area contributed by atoms with Gasteiger partial charge < -0.3 is 20.7 Å². The zero-order chi connectivity index (χ0) is 14.4. The Morgan fingerprint density at radius 2 is 2.20 bits per heavy atom. The van der Waals surface area contributed by atoms with Gasteiger partial charge in [0, 0.05) is 24.9 Å². The SMILES string of the molecule is CN(C)C1(CN=C(N)Nc2ccccn2)CCOCC1. The number of nitrogens with one attached hydrogen (secondary N) is 1. The molecule has 20 heavy (non-hydrogen) atoms. The van der Waals surface area contributed by atoms with Crippen LogP contribution in [0.2, 0.25) is 0 Å². The van der Waals surface area contributed by atoms with Gasteiger partial charge in [-0.15, -0.1) is 0 Å². The molecule has 2 rings (SSSR count). The number of aromatic nitrogens is 1. The third-order valence-corrected chi connectivity index (χ3v) is 3.84. The van der Waals surface area contributed by atoms with Crippen LogP contribution in [0, 0.1) is 0 Å². The van der Waals surface area contributed by atoms with Gasteiger partial charge >= 0.3 is 0 Å². The van der Waals surface area contributed by atoms with Crippen molar-refractivity contribution in [3.05, 3.63) is 24.4 Å². The number of guanidine groups is 1. The van der Waals surface area contributed by atoms with Gasteiger partial charge in [-0.3, -0.25) is 4.99 Å². The number of rotatable bonds is 4. The average molecular weight is 277 g/mol. The zero-order valence-electron chi connectivity index (χ0n) is 12.2. The second-order valence-corrected chi connectivity index (χ2v) is 5.27. The summed E-state index contributed by atoms with van der Waals surface area (Å²) >= 11 is 0. The topological polar surface area (TPSA) is 75.8 Å². The van der Waals surface area contributed by atoms with E-state index in [0.717, 1.165) is 26.1 Å². The summed E-state index contributed by atoms with van der Waals surface area (Å²) in [6, 6.07) is 5.63. The van der Waals surface area contributed by atoms with Crippen LogP contribution in [0.1, 0.15) is 12.8 Å². The van der Waals surface area contributed by atoms with E-state index in [9.17, 15) is 0 Å². The number of likely N-dealkylation sites (N-methyl/N-ethyl adjacent to an activating group) is 1. The van der Waals surface area contributed by atoms with Crippen LogP contribution in [0.5, 0.6) is 0 Å². The smallest absolute Gasteiger partial charge is 0.194 e. The molecule has 6 heteroatoms. The van der Waals surface area contributed by atoms with Crippen molar-refractivity contribution in [2.75, 3.05) is 39.2 Å². The highest BCUT2D eigenvalue weighted by molar-refractivity contribution is 5.91. The summed E-state index contributed by atoms with van der Waals surface area (Å²) in [4.78, 5) is 10.9. The molecule has 0 radical (unpaired) electrons. The van der Waals surface area contributed by atoms with Crippen molar-refractivity contribution in [1.29, 1.82) is 0 Å². The van der Waals surface area contributed by atoms with E-state index in [-0.39, 0.29) is 5.54 Å². The molecule has 1 aromatic rings. The monoisotopic (exact) mass is 277 g/mol. The van der Waals surface area contributed by atoms with Crippen molar-refractivity contribution in [3.8, 4) is 0 Å². The number of hydrogen-bond acceptors (Lipinski definition) is 4. The minimum atomic E-state index is 0.0364. The van der Waals surface area contributed by atoms with Gasteiger partial charge in [0.15, 0.2) is 5.96 Å². The second-order valence-electron chi connectivity index (χ2n) is 5.27. The molecule has 0 atom stereocenters. The first kappa shape index (κ1) is 14.7. The van der Waals surface area contributed by atoms with Crippen LogP contribution in [-0.2, 0) is 4.74 Å². The predicted molar refractivity (Wildman–Crippen MR) is 80.8 cm³/mol. The van der Waals surface area contributed by atoms with Gasteiger partial charge in [0.1, 0.15) is 5.82 Å². The van der Waals surface area contributed by atoms with E-state index in [0.29, 0.717) is 18.3 Å². The third-order valence-electron chi connectivity index (χ3n) is 3.84. The Bertz CT molecular complexity index is 440. The van der Waals surface area contributed by atoms with Gasteiger partial charge in [-0.05, 0) is 39.1 Å². The molecule has 0 unspecified atom stereocenters. The van der Waals surface area contributed by atoms with Crippen LogP contribution in [0.15, 0.2) is 29.4 Å². The largest absolute Gasteiger partial charge is 0.381 e.